The molecule has 1 unspecified atom stereocenters. The lowest BCUT2D eigenvalue weighted by Gasteiger charge is -2.23. The zero-order valence-corrected chi connectivity index (χ0v) is 14.3. The van der Waals surface area contributed by atoms with Crippen molar-refractivity contribution >= 4 is 11.6 Å². The normalized spacial score (nSPS) is 14.7. The number of aryl methyl sites for hydroxylation is 2. The Labute approximate surface area is 144 Å². The minimum atomic E-state index is -0.313. The molecule has 0 heterocycles. The predicted octanol–water partition coefficient (Wildman–Crippen LogP) is 4.10. The van der Waals surface area contributed by atoms with Gasteiger partial charge in [0.2, 0.25) is 0 Å². The van der Waals surface area contributed by atoms with Crippen molar-refractivity contribution in [2.45, 2.75) is 51.5 Å². The highest BCUT2D eigenvalue weighted by molar-refractivity contribution is 6.00. The Morgan fingerprint density at radius 3 is 2.62 bits per heavy atom. The van der Waals surface area contributed by atoms with E-state index >= 15 is 0 Å². The largest absolute Gasteiger partial charge is 0.382 e. The highest BCUT2D eigenvalue weighted by atomic mass is 16.1. The van der Waals surface area contributed by atoms with Gasteiger partial charge in [0.15, 0.2) is 0 Å². The summed E-state index contributed by atoms with van der Waals surface area (Å²) in [5.41, 5.74) is 11.1. The molecule has 0 aliphatic heterocycles. The van der Waals surface area contributed by atoms with Crippen molar-refractivity contribution < 1.29 is 4.79 Å². The SMILES string of the molecule is CC(CCc1ccccc1)Nc1ccc2c(c1C(N)=O)CCCC2. The van der Waals surface area contributed by atoms with Gasteiger partial charge >= 0.3 is 0 Å². The van der Waals surface area contributed by atoms with Crippen LogP contribution in [0.3, 0.4) is 0 Å². The molecule has 3 rings (SSSR count). The summed E-state index contributed by atoms with van der Waals surface area (Å²) in [6.07, 6.45) is 6.39. The Hall–Kier alpha value is -2.29. The summed E-state index contributed by atoms with van der Waals surface area (Å²) in [5.74, 6) is -0.313. The van der Waals surface area contributed by atoms with Crippen LogP contribution in [0.4, 0.5) is 5.69 Å². The van der Waals surface area contributed by atoms with Gasteiger partial charge in [-0.3, -0.25) is 4.79 Å². The zero-order valence-electron chi connectivity index (χ0n) is 14.3. The Morgan fingerprint density at radius 2 is 1.88 bits per heavy atom. The van der Waals surface area contributed by atoms with E-state index in [0.717, 1.165) is 43.4 Å². The third-order valence-corrected chi connectivity index (χ3v) is 4.89. The van der Waals surface area contributed by atoms with Gasteiger partial charge in [0.1, 0.15) is 0 Å². The lowest BCUT2D eigenvalue weighted by Crippen LogP contribution is -2.23. The number of amides is 1. The van der Waals surface area contributed by atoms with Gasteiger partial charge in [0, 0.05) is 11.7 Å². The summed E-state index contributed by atoms with van der Waals surface area (Å²) >= 11 is 0. The molecule has 1 aliphatic rings. The minimum absolute atomic E-state index is 0.282. The molecule has 3 heteroatoms. The number of benzene rings is 2. The fourth-order valence-electron chi connectivity index (χ4n) is 3.60. The maximum absolute atomic E-state index is 12.0. The number of fused-ring (bicyclic) bond motifs is 1. The Kier molecular flexibility index (Phi) is 5.19. The summed E-state index contributed by atoms with van der Waals surface area (Å²) in [5, 5.41) is 3.51. The van der Waals surface area contributed by atoms with E-state index in [2.05, 4.69) is 42.6 Å². The first-order chi connectivity index (χ1) is 11.6. The molecule has 1 atom stereocenters. The van der Waals surface area contributed by atoms with Crippen molar-refractivity contribution in [3.05, 3.63) is 64.7 Å². The van der Waals surface area contributed by atoms with E-state index in [1.807, 2.05) is 12.1 Å². The molecule has 0 radical (unpaired) electrons. The van der Waals surface area contributed by atoms with Crippen LogP contribution in [0.25, 0.3) is 0 Å². The average molecular weight is 322 g/mol. The Morgan fingerprint density at radius 1 is 1.12 bits per heavy atom. The average Bonchev–Trinajstić information content (AvgIpc) is 2.60. The molecule has 0 spiro atoms. The molecular formula is C21H26N2O. The monoisotopic (exact) mass is 322 g/mol. The summed E-state index contributed by atoms with van der Waals surface area (Å²) < 4.78 is 0. The molecule has 3 N–H and O–H groups in total. The van der Waals surface area contributed by atoms with Gasteiger partial charge in [-0.15, -0.1) is 0 Å². The fraction of sp³-hybridized carbons (Fsp3) is 0.381. The number of rotatable bonds is 6. The van der Waals surface area contributed by atoms with Gasteiger partial charge in [0.05, 0.1) is 5.56 Å². The lowest BCUT2D eigenvalue weighted by molar-refractivity contribution is 0.1000. The topological polar surface area (TPSA) is 55.1 Å². The maximum atomic E-state index is 12.0. The molecule has 0 bridgehead atoms. The zero-order chi connectivity index (χ0) is 16.9. The van der Waals surface area contributed by atoms with E-state index in [-0.39, 0.29) is 11.9 Å². The Bertz CT molecular complexity index is 709. The molecule has 0 aromatic heterocycles. The summed E-state index contributed by atoms with van der Waals surface area (Å²) in [6.45, 7) is 2.16. The number of carbonyl (C=O) groups is 1. The highest BCUT2D eigenvalue weighted by Gasteiger charge is 2.20. The molecule has 2 aromatic rings. The fourth-order valence-corrected chi connectivity index (χ4v) is 3.60. The first-order valence-electron chi connectivity index (χ1n) is 8.90. The van der Waals surface area contributed by atoms with E-state index in [9.17, 15) is 4.79 Å². The number of nitrogens with one attached hydrogen (secondary N) is 1. The van der Waals surface area contributed by atoms with E-state index in [0.29, 0.717) is 5.56 Å². The third kappa shape index (κ3) is 3.78. The summed E-state index contributed by atoms with van der Waals surface area (Å²) in [4.78, 5) is 12.0. The number of primary amides is 1. The van der Waals surface area contributed by atoms with Crippen LogP contribution in [0.15, 0.2) is 42.5 Å². The van der Waals surface area contributed by atoms with Crippen molar-refractivity contribution in [2.24, 2.45) is 5.73 Å². The maximum Gasteiger partial charge on any atom is 0.251 e. The van der Waals surface area contributed by atoms with Gasteiger partial charge in [-0.25, -0.2) is 0 Å². The second-order valence-corrected chi connectivity index (χ2v) is 6.77. The van der Waals surface area contributed by atoms with Crippen LogP contribution < -0.4 is 11.1 Å². The molecule has 0 saturated carbocycles. The standard InChI is InChI=1S/C21H26N2O/c1-15(11-12-16-7-3-2-4-8-16)23-19-14-13-17-9-5-6-10-18(17)20(19)21(22)24/h2-4,7-8,13-15,23H,5-6,9-12H2,1H3,(H2,22,24). The van der Waals surface area contributed by atoms with Crippen LogP contribution in [0.1, 0.15) is 53.2 Å². The van der Waals surface area contributed by atoms with E-state index < -0.39 is 0 Å². The molecular weight excluding hydrogens is 296 g/mol. The van der Waals surface area contributed by atoms with Crippen LogP contribution >= 0.6 is 0 Å². The molecule has 1 aliphatic carbocycles. The molecule has 1 amide bonds. The number of anilines is 1. The van der Waals surface area contributed by atoms with Crippen LogP contribution in [-0.2, 0) is 19.3 Å². The van der Waals surface area contributed by atoms with Gasteiger partial charge in [-0.05, 0) is 68.2 Å². The van der Waals surface area contributed by atoms with Crippen LogP contribution in [0.5, 0.6) is 0 Å². The first kappa shape index (κ1) is 16.6. The molecule has 126 valence electrons. The number of hydrogen-bond donors (Lipinski definition) is 2. The van der Waals surface area contributed by atoms with Crippen molar-refractivity contribution in [2.75, 3.05) is 5.32 Å². The van der Waals surface area contributed by atoms with Gasteiger partial charge < -0.3 is 11.1 Å². The summed E-state index contributed by atoms with van der Waals surface area (Å²) in [7, 11) is 0. The van der Waals surface area contributed by atoms with Gasteiger partial charge in [0.25, 0.3) is 5.91 Å². The van der Waals surface area contributed by atoms with Crippen LogP contribution in [0, 0.1) is 0 Å². The van der Waals surface area contributed by atoms with Gasteiger partial charge in [-0.2, -0.15) is 0 Å². The van der Waals surface area contributed by atoms with E-state index in [1.54, 1.807) is 0 Å². The second kappa shape index (κ2) is 7.52. The highest BCUT2D eigenvalue weighted by Crippen LogP contribution is 2.30. The number of nitrogens with two attached hydrogens (primary N) is 1. The van der Waals surface area contributed by atoms with E-state index in [4.69, 9.17) is 5.73 Å². The smallest absolute Gasteiger partial charge is 0.251 e. The molecule has 0 saturated heterocycles. The predicted molar refractivity (Wildman–Crippen MR) is 99.4 cm³/mol. The third-order valence-electron chi connectivity index (χ3n) is 4.89. The number of hydrogen-bond acceptors (Lipinski definition) is 2. The quantitative estimate of drug-likeness (QED) is 0.841. The minimum Gasteiger partial charge on any atom is -0.382 e. The van der Waals surface area contributed by atoms with E-state index in [1.165, 1.54) is 17.5 Å². The Balaban J connectivity index is 1.73. The first-order valence-corrected chi connectivity index (χ1v) is 8.90. The molecule has 2 aromatic carbocycles. The van der Waals surface area contributed by atoms with Crippen molar-refractivity contribution in [1.82, 2.24) is 0 Å². The van der Waals surface area contributed by atoms with Crippen molar-refractivity contribution in [3.63, 3.8) is 0 Å². The second-order valence-electron chi connectivity index (χ2n) is 6.77. The van der Waals surface area contributed by atoms with Crippen molar-refractivity contribution in [3.8, 4) is 0 Å². The molecule has 3 nitrogen and oxygen atoms in total. The lowest BCUT2D eigenvalue weighted by atomic mass is 9.87. The van der Waals surface area contributed by atoms with Crippen LogP contribution in [-0.4, -0.2) is 11.9 Å². The molecule has 0 fully saturated rings. The summed E-state index contributed by atoms with van der Waals surface area (Å²) in [6, 6.07) is 15.0. The number of carbonyl (C=O) groups excluding carboxylic acids is 1. The molecule has 24 heavy (non-hydrogen) atoms. The van der Waals surface area contributed by atoms with Crippen LogP contribution in [0.2, 0.25) is 0 Å². The van der Waals surface area contributed by atoms with Gasteiger partial charge in [-0.1, -0.05) is 36.4 Å². The van der Waals surface area contributed by atoms with Crippen molar-refractivity contribution in [1.29, 1.82) is 0 Å².